The van der Waals surface area contributed by atoms with Gasteiger partial charge in [0, 0.05) is 37.5 Å². The number of ether oxygens (including phenoxy) is 1. The minimum absolute atomic E-state index is 0.0170. The number of halogens is 1. The van der Waals surface area contributed by atoms with Gasteiger partial charge in [-0.2, -0.15) is 5.10 Å². The van der Waals surface area contributed by atoms with Crippen LogP contribution >= 0.6 is 27.3 Å². The van der Waals surface area contributed by atoms with Gasteiger partial charge in [-0.25, -0.2) is 9.67 Å². The van der Waals surface area contributed by atoms with E-state index in [0.29, 0.717) is 13.3 Å². The van der Waals surface area contributed by atoms with Crippen LogP contribution in [0.4, 0.5) is 0 Å². The molecular formula is C23H27BrN4O2SSi. The molecule has 6 nitrogen and oxygen atoms in total. The number of hydrogen-bond acceptors (Lipinski definition) is 5. The van der Waals surface area contributed by atoms with Crippen LogP contribution in [0.25, 0.3) is 16.0 Å². The molecule has 0 spiro atoms. The summed E-state index contributed by atoms with van der Waals surface area (Å²) in [5.41, 5.74) is 3.00. The Hall–Kier alpha value is -2.07. The molecule has 0 fully saturated rings. The van der Waals surface area contributed by atoms with Gasteiger partial charge in [0.25, 0.3) is 0 Å². The Bertz CT molecular complexity index is 1270. The van der Waals surface area contributed by atoms with Crippen LogP contribution in [0.3, 0.4) is 0 Å². The normalized spacial score (nSPS) is 13.0. The molecule has 1 unspecified atom stereocenters. The van der Waals surface area contributed by atoms with E-state index in [-0.39, 0.29) is 10.8 Å². The Balaban J connectivity index is 1.51. The monoisotopic (exact) mass is 530 g/mol. The lowest BCUT2D eigenvalue weighted by Gasteiger charge is -2.15. The minimum atomic E-state index is -1.14. The molecule has 1 aromatic carbocycles. The maximum absolute atomic E-state index is 12.5. The number of pyridine rings is 1. The highest BCUT2D eigenvalue weighted by Gasteiger charge is 2.16. The lowest BCUT2D eigenvalue weighted by molar-refractivity contribution is 0.0888. The van der Waals surface area contributed by atoms with Gasteiger partial charge in [-0.3, -0.25) is 9.36 Å². The number of rotatable bonds is 8. The second-order valence-electron chi connectivity index (χ2n) is 9.11. The molecule has 0 saturated heterocycles. The number of fused-ring (bicyclic) bond motifs is 1. The Morgan fingerprint density at radius 2 is 2.00 bits per heavy atom. The molecule has 4 aromatic rings. The summed E-state index contributed by atoms with van der Waals surface area (Å²) in [7, 11) is -1.14. The zero-order valence-electron chi connectivity index (χ0n) is 18.7. The molecule has 3 heterocycles. The molecule has 1 atom stereocenters. The van der Waals surface area contributed by atoms with Crippen LogP contribution in [0.2, 0.25) is 25.7 Å². The average molecular weight is 532 g/mol. The smallest absolute Gasteiger partial charge is 0.310 e. The maximum atomic E-state index is 12.5. The van der Waals surface area contributed by atoms with Crippen LogP contribution in [0, 0.1) is 0 Å². The molecule has 168 valence electrons. The van der Waals surface area contributed by atoms with Gasteiger partial charge in [-0.05, 0) is 57.9 Å². The summed E-state index contributed by atoms with van der Waals surface area (Å²) in [5.74, 6) is 0.862. The first kappa shape index (κ1) is 23.1. The number of thiazole rings is 1. The van der Waals surface area contributed by atoms with Crippen LogP contribution in [-0.4, -0.2) is 34.0 Å². The van der Waals surface area contributed by atoms with Gasteiger partial charge in [0.1, 0.15) is 6.73 Å². The Morgan fingerprint density at radius 1 is 1.19 bits per heavy atom. The molecule has 0 amide bonds. The Kier molecular flexibility index (Phi) is 6.80. The van der Waals surface area contributed by atoms with Crippen LogP contribution in [0.15, 0.2) is 58.1 Å². The molecule has 0 bridgehead atoms. The van der Waals surface area contributed by atoms with Crippen LogP contribution in [0.5, 0.6) is 0 Å². The predicted octanol–water partition coefficient (Wildman–Crippen LogP) is 5.87. The first-order valence-corrected chi connectivity index (χ1v) is 15.9. The molecule has 3 aromatic heterocycles. The van der Waals surface area contributed by atoms with Crippen molar-refractivity contribution in [2.45, 2.75) is 45.3 Å². The van der Waals surface area contributed by atoms with Crippen molar-refractivity contribution in [3.8, 4) is 5.82 Å². The fourth-order valence-electron chi connectivity index (χ4n) is 3.38. The van der Waals surface area contributed by atoms with E-state index in [1.807, 2.05) is 30.5 Å². The van der Waals surface area contributed by atoms with Crippen molar-refractivity contribution in [2.75, 3.05) is 6.61 Å². The lowest BCUT2D eigenvalue weighted by Crippen LogP contribution is -2.23. The van der Waals surface area contributed by atoms with Gasteiger partial charge in [0.2, 0.25) is 0 Å². The molecule has 4 rings (SSSR count). The average Bonchev–Trinajstić information content (AvgIpc) is 3.35. The molecule has 0 aliphatic carbocycles. The zero-order valence-corrected chi connectivity index (χ0v) is 22.1. The maximum Gasteiger partial charge on any atom is 0.310 e. The standard InChI is InChI=1S/C23H27BrN4O2SSi/c1-16(19-9-10-28(26-19)22-8-6-18(24)14-25-22)17-5-7-20-21(13-17)31-23(29)27(20)15-30-11-12-32(2,3)4/h5-10,13-14,16H,11-12,15H2,1-4H3. The highest BCUT2D eigenvalue weighted by atomic mass is 79.9. The van der Waals surface area contributed by atoms with Gasteiger partial charge >= 0.3 is 4.87 Å². The van der Waals surface area contributed by atoms with Gasteiger partial charge in [-0.15, -0.1) is 0 Å². The lowest BCUT2D eigenvalue weighted by atomic mass is 9.98. The van der Waals surface area contributed by atoms with Gasteiger partial charge < -0.3 is 4.74 Å². The van der Waals surface area contributed by atoms with E-state index in [9.17, 15) is 4.79 Å². The second-order valence-corrected chi connectivity index (χ2v) is 16.6. The van der Waals surface area contributed by atoms with Crippen molar-refractivity contribution in [3.05, 3.63) is 74.2 Å². The van der Waals surface area contributed by atoms with Gasteiger partial charge in [0.05, 0.1) is 15.9 Å². The molecule has 0 N–H and O–H groups in total. The van der Waals surface area contributed by atoms with E-state index < -0.39 is 8.07 Å². The highest BCUT2D eigenvalue weighted by Crippen LogP contribution is 2.28. The first-order valence-electron chi connectivity index (χ1n) is 10.6. The molecule has 32 heavy (non-hydrogen) atoms. The van der Waals surface area contributed by atoms with Crippen LogP contribution < -0.4 is 4.87 Å². The van der Waals surface area contributed by atoms with Gasteiger partial charge in [0.15, 0.2) is 5.82 Å². The molecular weight excluding hydrogens is 504 g/mol. The van der Waals surface area contributed by atoms with E-state index in [4.69, 9.17) is 9.84 Å². The van der Waals surface area contributed by atoms with Crippen LogP contribution in [0.1, 0.15) is 24.1 Å². The topological polar surface area (TPSA) is 61.9 Å². The third kappa shape index (κ3) is 5.28. The van der Waals surface area contributed by atoms with Crippen molar-refractivity contribution in [3.63, 3.8) is 0 Å². The largest absolute Gasteiger partial charge is 0.361 e. The van der Waals surface area contributed by atoms with E-state index in [1.54, 1.807) is 15.4 Å². The summed E-state index contributed by atoms with van der Waals surface area (Å²) in [6.07, 6.45) is 3.68. The fraction of sp³-hybridized carbons (Fsp3) is 0.348. The van der Waals surface area contributed by atoms with Crippen molar-refractivity contribution < 1.29 is 4.74 Å². The van der Waals surface area contributed by atoms with Crippen molar-refractivity contribution in [1.29, 1.82) is 0 Å². The molecule has 0 aliphatic heterocycles. The third-order valence-electron chi connectivity index (χ3n) is 5.41. The Morgan fingerprint density at radius 3 is 2.72 bits per heavy atom. The SMILES string of the molecule is CC(c1ccc2c(c1)sc(=O)n2COCC[Si](C)(C)C)c1ccn(-c2ccc(Br)cn2)n1. The van der Waals surface area contributed by atoms with E-state index >= 15 is 0 Å². The molecule has 9 heteroatoms. The number of aromatic nitrogens is 4. The number of hydrogen-bond donors (Lipinski definition) is 0. The van der Waals surface area contributed by atoms with Crippen LogP contribution in [-0.2, 0) is 11.5 Å². The molecule has 0 saturated carbocycles. The number of benzene rings is 1. The van der Waals surface area contributed by atoms with E-state index in [2.05, 4.69) is 59.6 Å². The Labute approximate surface area is 201 Å². The van der Waals surface area contributed by atoms with Crippen molar-refractivity contribution in [1.82, 2.24) is 19.3 Å². The highest BCUT2D eigenvalue weighted by molar-refractivity contribution is 9.10. The summed E-state index contributed by atoms with van der Waals surface area (Å²) >= 11 is 4.68. The number of nitrogens with zero attached hydrogens (tertiary/aromatic N) is 4. The summed E-state index contributed by atoms with van der Waals surface area (Å²) < 4.78 is 11.2. The summed E-state index contributed by atoms with van der Waals surface area (Å²) in [4.78, 5) is 17.0. The zero-order chi connectivity index (χ0) is 22.9. The molecule has 0 aliphatic rings. The summed E-state index contributed by atoms with van der Waals surface area (Å²) in [6, 6.07) is 13.2. The summed E-state index contributed by atoms with van der Waals surface area (Å²) in [6.45, 7) is 10.1. The third-order valence-corrected chi connectivity index (χ3v) is 8.52. The fourth-order valence-corrected chi connectivity index (χ4v) is 5.30. The van der Waals surface area contributed by atoms with Crippen molar-refractivity contribution in [2.24, 2.45) is 0 Å². The second kappa shape index (κ2) is 9.42. The minimum Gasteiger partial charge on any atom is -0.361 e. The first-order chi connectivity index (χ1) is 15.2. The predicted molar refractivity (Wildman–Crippen MR) is 137 cm³/mol. The van der Waals surface area contributed by atoms with Crippen molar-refractivity contribution >= 4 is 45.6 Å². The van der Waals surface area contributed by atoms with E-state index in [0.717, 1.165) is 37.8 Å². The molecule has 0 radical (unpaired) electrons. The van der Waals surface area contributed by atoms with Gasteiger partial charge in [-0.1, -0.05) is 44.0 Å². The quantitative estimate of drug-likeness (QED) is 0.211. The summed E-state index contributed by atoms with van der Waals surface area (Å²) in [5, 5.41) is 4.72. The van der Waals surface area contributed by atoms with E-state index in [1.165, 1.54) is 11.3 Å².